The molecule has 0 amide bonds. The van der Waals surface area contributed by atoms with Gasteiger partial charge in [0, 0.05) is 0 Å². The molecule has 0 N–H and O–H groups in total. The van der Waals surface area contributed by atoms with E-state index in [0.29, 0.717) is 12.0 Å². The Hall–Kier alpha value is -1.19. The Labute approximate surface area is 93.2 Å². The van der Waals surface area contributed by atoms with Crippen LogP contribution in [0.1, 0.15) is 31.9 Å². The molecule has 0 unspecified atom stereocenters. The normalized spacial score (nSPS) is 11.9. The van der Waals surface area contributed by atoms with Gasteiger partial charge in [-0.2, -0.15) is 13.2 Å². The average molecular weight is 232 g/mol. The van der Waals surface area contributed by atoms with Gasteiger partial charge in [0.05, 0.1) is 11.7 Å². The van der Waals surface area contributed by atoms with Gasteiger partial charge in [0.1, 0.15) is 5.75 Å². The highest BCUT2D eigenvalue weighted by Gasteiger charge is 2.34. The van der Waals surface area contributed by atoms with Crippen LogP contribution < -0.4 is 4.74 Å². The minimum absolute atomic E-state index is 0.0975. The summed E-state index contributed by atoms with van der Waals surface area (Å²) in [6.45, 7) is 5.22. The van der Waals surface area contributed by atoms with Gasteiger partial charge in [-0.25, -0.2) is 0 Å². The van der Waals surface area contributed by atoms with E-state index in [1.54, 1.807) is 19.9 Å². The lowest BCUT2D eigenvalue weighted by molar-refractivity contribution is -0.139. The maximum Gasteiger partial charge on any atom is 0.419 e. The van der Waals surface area contributed by atoms with Crippen molar-refractivity contribution in [2.24, 2.45) is 0 Å². The van der Waals surface area contributed by atoms with Crippen LogP contribution in [0.15, 0.2) is 18.2 Å². The molecule has 1 nitrogen and oxygen atoms in total. The van der Waals surface area contributed by atoms with Crippen LogP contribution in [-0.4, -0.2) is 6.10 Å². The minimum atomic E-state index is -4.37. The van der Waals surface area contributed by atoms with Gasteiger partial charge in [-0.15, -0.1) is 0 Å². The smallest absolute Gasteiger partial charge is 0.419 e. The van der Waals surface area contributed by atoms with E-state index in [4.69, 9.17) is 4.74 Å². The Bertz CT molecular complexity index is 356. The summed E-state index contributed by atoms with van der Waals surface area (Å²) >= 11 is 0. The van der Waals surface area contributed by atoms with Gasteiger partial charge in [-0.05, 0) is 38.0 Å². The predicted molar refractivity (Wildman–Crippen MR) is 56.6 cm³/mol. The predicted octanol–water partition coefficient (Wildman–Crippen LogP) is 4.06. The number of hydrogen-bond donors (Lipinski definition) is 0. The fourth-order valence-electron chi connectivity index (χ4n) is 1.38. The average Bonchev–Trinajstić information content (AvgIpc) is 2.15. The van der Waals surface area contributed by atoms with E-state index < -0.39 is 11.7 Å². The van der Waals surface area contributed by atoms with Crippen molar-refractivity contribution in [3.63, 3.8) is 0 Å². The van der Waals surface area contributed by atoms with Crippen molar-refractivity contribution in [2.75, 3.05) is 0 Å². The number of hydrogen-bond acceptors (Lipinski definition) is 1. The van der Waals surface area contributed by atoms with Gasteiger partial charge in [0.25, 0.3) is 0 Å². The van der Waals surface area contributed by atoms with Crippen molar-refractivity contribution in [1.29, 1.82) is 0 Å². The van der Waals surface area contributed by atoms with E-state index in [-0.39, 0.29) is 11.9 Å². The summed E-state index contributed by atoms with van der Waals surface area (Å²) in [6.07, 6.45) is -4.06. The van der Waals surface area contributed by atoms with E-state index >= 15 is 0 Å². The topological polar surface area (TPSA) is 9.23 Å². The Morgan fingerprint density at radius 1 is 1.25 bits per heavy atom. The molecule has 16 heavy (non-hydrogen) atoms. The highest BCUT2D eigenvalue weighted by molar-refractivity contribution is 5.39. The Morgan fingerprint density at radius 2 is 1.88 bits per heavy atom. The summed E-state index contributed by atoms with van der Waals surface area (Å²) in [4.78, 5) is 0. The number of aryl methyl sites for hydroxylation is 1. The first kappa shape index (κ1) is 12.9. The molecule has 1 aromatic carbocycles. The lowest BCUT2D eigenvalue weighted by atomic mass is 10.1. The van der Waals surface area contributed by atoms with Crippen LogP contribution in [0.2, 0.25) is 0 Å². The first-order valence-corrected chi connectivity index (χ1v) is 5.21. The van der Waals surface area contributed by atoms with E-state index in [1.807, 2.05) is 6.92 Å². The van der Waals surface area contributed by atoms with Crippen LogP contribution in [0.25, 0.3) is 0 Å². The lowest BCUT2D eigenvalue weighted by Crippen LogP contribution is -2.13. The van der Waals surface area contributed by atoms with Gasteiger partial charge in [0.2, 0.25) is 0 Å². The molecule has 0 heterocycles. The SMILES string of the molecule is CCc1ccc(OC(C)C)c(C(F)(F)F)c1. The first-order valence-electron chi connectivity index (χ1n) is 5.21. The number of benzene rings is 1. The molecule has 0 aliphatic heterocycles. The van der Waals surface area contributed by atoms with Crippen LogP contribution in [-0.2, 0) is 12.6 Å². The molecule has 0 aliphatic rings. The molecule has 0 saturated heterocycles. The summed E-state index contributed by atoms with van der Waals surface area (Å²) in [5.41, 5.74) is -0.0380. The highest BCUT2D eigenvalue weighted by atomic mass is 19.4. The third kappa shape index (κ3) is 3.15. The van der Waals surface area contributed by atoms with Crippen LogP contribution >= 0.6 is 0 Å². The molecule has 0 spiro atoms. The second kappa shape index (κ2) is 4.76. The zero-order valence-corrected chi connectivity index (χ0v) is 9.56. The van der Waals surface area contributed by atoms with E-state index in [9.17, 15) is 13.2 Å². The summed E-state index contributed by atoms with van der Waals surface area (Å²) < 4.78 is 43.4. The number of ether oxygens (including phenoxy) is 1. The Kier molecular flexibility index (Phi) is 3.83. The molecule has 0 saturated carbocycles. The first-order chi connectivity index (χ1) is 7.34. The molecule has 1 aromatic rings. The Morgan fingerprint density at radius 3 is 2.31 bits per heavy atom. The molecule has 0 aromatic heterocycles. The fraction of sp³-hybridized carbons (Fsp3) is 0.500. The van der Waals surface area contributed by atoms with E-state index in [0.717, 1.165) is 6.07 Å². The van der Waals surface area contributed by atoms with Crippen molar-refractivity contribution in [2.45, 2.75) is 39.5 Å². The molecule has 0 atom stereocenters. The third-order valence-corrected chi connectivity index (χ3v) is 2.12. The Balaban J connectivity index is 3.17. The molecule has 0 fully saturated rings. The van der Waals surface area contributed by atoms with Gasteiger partial charge in [-0.3, -0.25) is 0 Å². The molecule has 0 aliphatic carbocycles. The van der Waals surface area contributed by atoms with Crippen LogP contribution in [0.5, 0.6) is 5.75 Å². The number of halogens is 3. The molecule has 0 radical (unpaired) electrons. The summed E-state index contributed by atoms with van der Waals surface area (Å²) in [5, 5.41) is 0. The van der Waals surface area contributed by atoms with Crippen molar-refractivity contribution in [1.82, 2.24) is 0 Å². The zero-order valence-electron chi connectivity index (χ0n) is 9.56. The number of rotatable bonds is 3. The lowest BCUT2D eigenvalue weighted by Gasteiger charge is -2.17. The molecule has 90 valence electrons. The minimum Gasteiger partial charge on any atom is -0.490 e. The standard InChI is InChI=1S/C12H15F3O/c1-4-9-5-6-11(16-8(2)3)10(7-9)12(13,14)15/h5-8H,4H2,1-3H3. The van der Waals surface area contributed by atoms with Gasteiger partial charge in [0.15, 0.2) is 0 Å². The van der Waals surface area contributed by atoms with Gasteiger partial charge in [-0.1, -0.05) is 13.0 Å². The zero-order chi connectivity index (χ0) is 12.3. The second-order valence-electron chi connectivity index (χ2n) is 3.85. The number of alkyl halides is 3. The quantitative estimate of drug-likeness (QED) is 0.763. The van der Waals surface area contributed by atoms with E-state index in [2.05, 4.69) is 0 Å². The van der Waals surface area contributed by atoms with Crippen LogP contribution in [0, 0.1) is 0 Å². The van der Waals surface area contributed by atoms with Crippen LogP contribution in [0.3, 0.4) is 0 Å². The molecule has 1 rings (SSSR count). The maximum atomic E-state index is 12.7. The third-order valence-electron chi connectivity index (χ3n) is 2.12. The van der Waals surface area contributed by atoms with Crippen molar-refractivity contribution in [3.8, 4) is 5.75 Å². The van der Waals surface area contributed by atoms with Crippen molar-refractivity contribution >= 4 is 0 Å². The van der Waals surface area contributed by atoms with E-state index in [1.165, 1.54) is 6.07 Å². The van der Waals surface area contributed by atoms with Gasteiger partial charge >= 0.3 is 6.18 Å². The highest BCUT2D eigenvalue weighted by Crippen LogP contribution is 2.37. The molecular weight excluding hydrogens is 217 g/mol. The second-order valence-corrected chi connectivity index (χ2v) is 3.85. The summed E-state index contributed by atoms with van der Waals surface area (Å²) in [5.74, 6) is -0.0975. The molecule has 0 bridgehead atoms. The summed E-state index contributed by atoms with van der Waals surface area (Å²) in [7, 11) is 0. The largest absolute Gasteiger partial charge is 0.490 e. The maximum absolute atomic E-state index is 12.7. The van der Waals surface area contributed by atoms with Gasteiger partial charge < -0.3 is 4.74 Å². The van der Waals surface area contributed by atoms with Crippen LogP contribution in [0.4, 0.5) is 13.2 Å². The van der Waals surface area contributed by atoms with Crippen molar-refractivity contribution < 1.29 is 17.9 Å². The summed E-state index contributed by atoms with van der Waals surface area (Å²) in [6, 6.07) is 4.20. The fourth-order valence-corrected chi connectivity index (χ4v) is 1.38. The molecule has 4 heteroatoms. The van der Waals surface area contributed by atoms with Crippen molar-refractivity contribution in [3.05, 3.63) is 29.3 Å². The molecular formula is C12H15F3O. The monoisotopic (exact) mass is 232 g/mol.